The standard InChI is InChI=1S/C7H12N4OS/c1-11-5-8-10-7(11)9-6(12)3-4-13-2/h5H,3-4H2,1-2H3,(H,9,10,12). The number of hydrogen-bond donors (Lipinski definition) is 1. The van der Waals surface area contributed by atoms with Crippen LogP contribution in [-0.2, 0) is 11.8 Å². The molecule has 0 saturated heterocycles. The maximum absolute atomic E-state index is 11.2. The van der Waals surface area contributed by atoms with Crippen LogP contribution in [0.4, 0.5) is 5.95 Å². The zero-order chi connectivity index (χ0) is 9.68. The molecule has 0 aliphatic rings. The van der Waals surface area contributed by atoms with Crippen molar-refractivity contribution < 1.29 is 4.79 Å². The van der Waals surface area contributed by atoms with Gasteiger partial charge in [-0.3, -0.25) is 10.1 Å². The molecule has 0 bridgehead atoms. The molecule has 1 N–H and O–H groups in total. The van der Waals surface area contributed by atoms with Crippen molar-refractivity contribution >= 4 is 23.6 Å². The van der Waals surface area contributed by atoms with Gasteiger partial charge in [0.05, 0.1) is 0 Å². The number of thioether (sulfide) groups is 1. The molecule has 0 spiro atoms. The fourth-order valence-electron chi connectivity index (χ4n) is 0.778. The Morgan fingerprint density at radius 2 is 2.54 bits per heavy atom. The van der Waals surface area contributed by atoms with Gasteiger partial charge in [0.15, 0.2) is 0 Å². The molecule has 5 nitrogen and oxygen atoms in total. The average molecular weight is 200 g/mol. The highest BCUT2D eigenvalue weighted by Crippen LogP contribution is 2.01. The molecule has 0 atom stereocenters. The van der Waals surface area contributed by atoms with Crippen molar-refractivity contribution in [1.82, 2.24) is 14.8 Å². The first-order valence-electron chi connectivity index (χ1n) is 3.87. The van der Waals surface area contributed by atoms with Crippen LogP contribution in [0.1, 0.15) is 6.42 Å². The molecule has 1 heterocycles. The molecule has 1 aromatic heterocycles. The van der Waals surface area contributed by atoms with Gasteiger partial charge >= 0.3 is 0 Å². The lowest BCUT2D eigenvalue weighted by Crippen LogP contribution is -2.15. The van der Waals surface area contributed by atoms with Gasteiger partial charge in [-0.15, -0.1) is 10.2 Å². The highest BCUT2D eigenvalue weighted by Gasteiger charge is 2.05. The first kappa shape index (κ1) is 10.0. The Morgan fingerprint density at radius 3 is 3.08 bits per heavy atom. The normalized spacial score (nSPS) is 10.0. The number of aryl methyl sites for hydroxylation is 1. The summed E-state index contributed by atoms with van der Waals surface area (Å²) in [5.41, 5.74) is 0. The second-order valence-corrected chi connectivity index (χ2v) is 3.54. The summed E-state index contributed by atoms with van der Waals surface area (Å²) in [6, 6.07) is 0. The monoisotopic (exact) mass is 200 g/mol. The Bertz CT molecular complexity index is 286. The van der Waals surface area contributed by atoms with E-state index in [4.69, 9.17) is 0 Å². The SMILES string of the molecule is CSCCC(=O)Nc1nncn1C. The summed E-state index contributed by atoms with van der Waals surface area (Å²) < 4.78 is 1.66. The van der Waals surface area contributed by atoms with Crippen LogP contribution in [-0.4, -0.2) is 32.7 Å². The number of amides is 1. The third-order valence-corrected chi connectivity index (χ3v) is 2.11. The largest absolute Gasteiger partial charge is 0.303 e. The van der Waals surface area contributed by atoms with Crippen LogP contribution in [0.2, 0.25) is 0 Å². The van der Waals surface area contributed by atoms with Gasteiger partial charge in [0.25, 0.3) is 0 Å². The number of hydrogen-bond acceptors (Lipinski definition) is 4. The van der Waals surface area contributed by atoms with Gasteiger partial charge < -0.3 is 4.57 Å². The zero-order valence-corrected chi connectivity index (χ0v) is 8.47. The fraction of sp³-hybridized carbons (Fsp3) is 0.571. The van der Waals surface area contributed by atoms with Crippen molar-refractivity contribution in [2.24, 2.45) is 7.05 Å². The number of aromatic nitrogens is 3. The molecule has 1 amide bonds. The molecule has 0 saturated carbocycles. The molecule has 72 valence electrons. The quantitative estimate of drug-likeness (QED) is 0.769. The smallest absolute Gasteiger partial charge is 0.230 e. The van der Waals surface area contributed by atoms with E-state index in [-0.39, 0.29) is 5.91 Å². The molecule has 0 aromatic carbocycles. The molecule has 0 aliphatic heterocycles. The van der Waals surface area contributed by atoms with Crippen LogP contribution in [0.5, 0.6) is 0 Å². The molecular formula is C7H12N4OS. The number of nitrogens with one attached hydrogen (secondary N) is 1. The predicted octanol–water partition coefficient (Wildman–Crippen LogP) is 0.507. The fourth-order valence-corrected chi connectivity index (χ4v) is 1.17. The van der Waals surface area contributed by atoms with E-state index >= 15 is 0 Å². The number of carbonyl (C=O) groups is 1. The Hall–Kier alpha value is -1.04. The van der Waals surface area contributed by atoms with Crippen molar-refractivity contribution in [1.29, 1.82) is 0 Å². The molecule has 0 aliphatic carbocycles. The average Bonchev–Trinajstić information content (AvgIpc) is 2.48. The van der Waals surface area contributed by atoms with Crippen LogP contribution in [0.15, 0.2) is 6.33 Å². The van der Waals surface area contributed by atoms with E-state index < -0.39 is 0 Å². The van der Waals surface area contributed by atoms with Crippen molar-refractivity contribution in [3.05, 3.63) is 6.33 Å². The zero-order valence-electron chi connectivity index (χ0n) is 7.65. The second-order valence-electron chi connectivity index (χ2n) is 2.56. The number of rotatable bonds is 4. The van der Waals surface area contributed by atoms with Crippen molar-refractivity contribution in [2.45, 2.75) is 6.42 Å². The number of carbonyl (C=O) groups excluding carboxylic acids is 1. The summed E-state index contributed by atoms with van der Waals surface area (Å²) >= 11 is 1.64. The Labute approximate surface area is 80.9 Å². The van der Waals surface area contributed by atoms with Gasteiger partial charge in [-0.05, 0) is 6.26 Å². The Balaban J connectivity index is 2.41. The van der Waals surface area contributed by atoms with Crippen LogP contribution < -0.4 is 5.32 Å². The van der Waals surface area contributed by atoms with Crippen molar-refractivity contribution in [2.75, 3.05) is 17.3 Å². The van der Waals surface area contributed by atoms with Gasteiger partial charge in [0, 0.05) is 19.2 Å². The number of nitrogens with zero attached hydrogens (tertiary/aromatic N) is 3. The third kappa shape index (κ3) is 3.06. The maximum atomic E-state index is 11.2. The van der Waals surface area contributed by atoms with Crippen molar-refractivity contribution in [3.63, 3.8) is 0 Å². The van der Waals surface area contributed by atoms with Gasteiger partial charge in [-0.2, -0.15) is 11.8 Å². The second kappa shape index (κ2) is 4.86. The summed E-state index contributed by atoms with van der Waals surface area (Å²) in [6.07, 6.45) is 4.02. The van der Waals surface area contributed by atoms with E-state index in [9.17, 15) is 4.79 Å². The molecule has 13 heavy (non-hydrogen) atoms. The molecule has 0 fully saturated rings. The van der Waals surface area contributed by atoms with Gasteiger partial charge in [-0.25, -0.2) is 0 Å². The maximum Gasteiger partial charge on any atom is 0.230 e. The highest BCUT2D eigenvalue weighted by atomic mass is 32.2. The van der Waals surface area contributed by atoms with E-state index in [2.05, 4.69) is 15.5 Å². The van der Waals surface area contributed by atoms with Gasteiger partial charge in [-0.1, -0.05) is 0 Å². The predicted molar refractivity (Wildman–Crippen MR) is 52.6 cm³/mol. The molecule has 0 radical (unpaired) electrons. The first-order chi connectivity index (χ1) is 6.24. The van der Waals surface area contributed by atoms with E-state index in [1.165, 1.54) is 0 Å². The van der Waals surface area contributed by atoms with Crippen LogP contribution in [0.25, 0.3) is 0 Å². The lowest BCUT2D eigenvalue weighted by atomic mass is 10.4. The summed E-state index contributed by atoms with van der Waals surface area (Å²) in [5, 5.41) is 10.0. The lowest BCUT2D eigenvalue weighted by Gasteiger charge is -2.01. The van der Waals surface area contributed by atoms with Crippen LogP contribution in [0.3, 0.4) is 0 Å². The van der Waals surface area contributed by atoms with Crippen LogP contribution >= 0.6 is 11.8 Å². The summed E-state index contributed by atoms with van der Waals surface area (Å²) in [5.74, 6) is 1.29. The first-order valence-corrected chi connectivity index (χ1v) is 5.26. The molecule has 0 unspecified atom stereocenters. The Kier molecular flexibility index (Phi) is 3.75. The summed E-state index contributed by atoms with van der Waals surface area (Å²) in [4.78, 5) is 11.2. The van der Waals surface area contributed by atoms with Gasteiger partial charge in [0.2, 0.25) is 11.9 Å². The summed E-state index contributed by atoms with van der Waals surface area (Å²) in [6.45, 7) is 0. The molecule has 6 heteroatoms. The van der Waals surface area contributed by atoms with E-state index in [0.717, 1.165) is 5.75 Å². The van der Waals surface area contributed by atoms with E-state index in [1.807, 2.05) is 6.26 Å². The third-order valence-electron chi connectivity index (χ3n) is 1.50. The minimum Gasteiger partial charge on any atom is -0.303 e. The molecule has 1 rings (SSSR count). The van der Waals surface area contributed by atoms with E-state index in [1.54, 1.807) is 29.7 Å². The van der Waals surface area contributed by atoms with Crippen molar-refractivity contribution in [3.8, 4) is 0 Å². The lowest BCUT2D eigenvalue weighted by molar-refractivity contribution is -0.115. The Morgan fingerprint density at radius 1 is 1.77 bits per heavy atom. The van der Waals surface area contributed by atoms with E-state index in [0.29, 0.717) is 12.4 Å². The van der Waals surface area contributed by atoms with Gasteiger partial charge in [0.1, 0.15) is 6.33 Å². The van der Waals surface area contributed by atoms with Crippen LogP contribution in [0, 0.1) is 0 Å². The summed E-state index contributed by atoms with van der Waals surface area (Å²) in [7, 11) is 1.78. The number of anilines is 1. The minimum absolute atomic E-state index is 0.0227. The molecular weight excluding hydrogens is 188 g/mol. The highest BCUT2D eigenvalue weighted by molar-refractivity contribution is 7.98. The minimum atomic E-state index is -0.0227. The topological polar surface area (TPSA) is 59.8 Å². The molecule has 1 aromatic rings.